The van der Waals surface area contributed by atoms with Crippen LogP contribution in [0.15, 0.2) is 34.8 Å². The SMILES string of the molecule is CCOc1cccccc1=[O+]CC.F[B-](F)(F)F. The quantitative estimate of drug-likeness (QED) is 0.467. The van der Waals surface area contributed by atoms with Gasteiger partial charge in [-0.05, 0) is 13.0 Å². The van der Waals surface area contributed by atoms with Crippen LogP contribution >= 0.6 is 0 Å². The molecule has 0 fully saturated rings. The van der Waals surface area contributed by atoms with Gasteiger partial charge >= 0.3 is 12.7 Å². The van der Waals surface area contributed by atoms with Crippen molar-refractivity contribution in [3.05, 3.63) is 40.2 Å². The second-order valence-corrected chi connectivity index (χ2v) is 3.00. The van der Waals surface area contributed by atoms with Gasteiger partial charge in [-0.25, -0.2) is 0 Å². The van der Waals surface area contributed by atoms with Crippen LogP contribution in [0.2, 0.25) is 0 Å². The molecule has 0 saturated carbocycles. The third-order valence-electron chi connectivity index (χ3n) is 1.56. The van der Waals surface area contributed by atoms with E-state index in [0.29, 0.717) is 13.2 Å². The van der Waals surface area contributed by atoms with Gasteiger partial charge in [0.2, 0.25) is 5.75 Å². The zero-order chi connectivity index (χ0) is 14.0. The molecule has 1 aromatic rings. The molecule has 0 unspecified atom stereocenters. The van der Waals surface area contributed by atoms with E-state index in [0.717, 1.165) is 11.2 Å². The second kappa shape index (κ2) is 8.55. The maximum absolute atomic E-state index is 9.75. The molecule has 0 amide bonds. The van der Waals surface area contributed by atoms with Crippen molar-refractivity contribution in [2.24, 2.45) is 0 Å². The van der Waals surface area contributed by atoms with Crippen LogP contribution in [-0.4, -0.2) is 20.5 Å². The largest absolute Gasteiger partial charge is 0.673 e. The van der Waals surface area contributed by atoms with Crippen LogP contribution in [0.5, 0.6) is 5.75 Å². The lowest BCUT2D eigenvalue weighted by Crippen LogP contribution is -2.06. The van der Waals surface area contributed by atoms with Gasteiger partial charge in [0, 0.05) is 13.0 Å². The van der Waals surface area contributed by atoms with Crippen molar-refractivity contribution >= 4 is 7.25 Å². The molecule has 0 radical (unpaired) electrons. The molecule has 0 aromatic heterocycles. The Morgan fingerprint density at radius 3 is 2.11 bits per heavy atom. The third kappa shape index (κ3) is 9.68. The first-order valence-electron chi connectivity index (χ1n) is 5.43. The van der Waals surface area contributed by atoms with Crippen molar-refractivity contribution < 1.29 is 22.0 Å². The van der Waals surface area contributed by atoms with Crippen molar-refractivity contribution in [2.75, 3.05) is 13.2 Å². The molecule has 0 saturated heterocycles. The molecule has 102 valence electrons. The van der Waals surface area contributed by atoms with Gasteiger partial charge in [-0.3, -0.25) is 4.42 Å². The van der Waals surface area contributed by atoms with Crippen molar-refractivity contribution in [2.45, 2.75) is 13.8 Å². The normalized spacial score (nSPS) is 11.6. The highest BCUT2D eigenvalue weighted by molar-refractivity contribution is 6.50. The Morgan fingerprint density at radius 1 is 1.06 bits per heavy atom. The summed E-state index contributed by atoms with van der Waals surface area (Å²) in [4.78, 5) is 0. The third-order valence-corrected chi connectivity index (χ3v) is 1.56. The van der Waals surface area contributed by atoms with Crippen molar-refractivity contribution in [1.82, 2.24) is 0 Å². The molecular weight excluding hydrogens is 251 g/mol. The van der Waals surface area contributed by atoms with E-state index in [2.05, 4.69) is 0 Å². The lowest BCUT2D eigenvalue weighted by Gasteiger charge is -1.94. The van der Waals surface area contributed by atoms with Crippen molar-refractivity contribution in [3.63, 3.8) is 0 Å². The molecule has 18 heavy (non-hydrogen) atoms. The Labute approximate surface area is 103 Å². The summed E-state index contributed by atoms with van der Waals surface area (Å²) in [6.45, 7) is 5.24. The van der Waals surface area contributed by atoms with E-state index < -0.39 is 7.25 Å². The molecule has 1 aromatic carbocycles. The molecule has 0 aliphatic rings. The summed E-state index contributed by atoms with van der Waals surface area (Å²) in [5.74, 6) is 0.800. The van der Waals surface area contributed by atoms with Gasteiger partial charge < -0.3 is 22.0 Å². The maximum atomic E-state index is 9.75. The molecule has 2 nitrogen and oxygen atoms in total. The van der Waals surface area contributed by atoms with Crippen LogP contribution in [0.3, 0.4) is 0 Å². The van der Waals surface area contributed by atoms with E-state index in [9.17, 15) is 17.3 Å². The predicted molar refractivity (Wildman–Crippen MR) is 64.6 cm³/mol. The lowest BCUT2D eigenvalue weighted by molar-refractivity contribution is 0.337. The zero-order valence-electron chi connectivity index (χ0n) is 10.2. The van der Waals surface area contributed by atoms with Crippen LogP contribution in [0.1, 0.15) is 13.8 Å². The minimum Gasteiger partial charge on any atom is -0.485 e. The van der Waals surface area contributed by atoms with Gasteiger partial charge in [0.1, 0.15) is 0 Å². The smallest absolute Gasteiger partial charge is 0.485 e. The molecular formula is C11H15BF4O2. The molecule has 0 spiro atoms. The van der Waals surface area contributed by atoms with Crippen LogP contribution in [-0.2, 0) is 0 Å². The Morgan fingerprint density at radius 2 is 1.61 bits per heavy atom. The minimum atomic E-state index is -6.00. The van der Waals surface area contributed by atoms with Crippen LogP contribution in [0, 0.1) is 0 Å². The van der Waals surface area contributed by atoms with E-state index >= 15 is 0 Å². The zero-order valence-corrected chi connectivity index (χ0v) is 10.2. The topological polar surface area (TPSA) is 20.5 Å². The van der Waals surface area contributed by atoms with Gasteiger partial charge in [0.05, 0.1) is 6.61 Å². The summed E-state index contributed by atoms with van der Waals surface area (Å²) in [6, 6.07) is 9.65. The van der Waals surface area contributed by atoms with Gasteiger partial charge in [0.15, 0.2) is 0 Å². The molecule has 0 aliphatic heterocycles. The first-order valence-corrected chi connectivity index (χ1v) is 5.43. The first-order chi connectivity index (χ1) is 8.38. The highest BCUT2D eigenvalue weighted by Crippen LogP contribution is 2.06. The summed E-state index contributed by atoms with van der Waals surface area (Å²) in [6.07, 6.45) is 0. The molecule has 0 atom stereocenters. The standard InChI is InChI=1S/C11H15O2.BF4/c1-3-12-10-8-6-5-7-9-11(10)13-4-2;2-1(3,4)5/h5-9H,3-4H2,1-2H3;/q+1;-1. The summed E-state index contributed by atoms with van der Waals surface area (Å²) < 4.78 is 49.8. The Balaban J connectivity index is 0.000000494. The van der Waals surface area contributed by atoms with Gasteiger partial charge in [-0.1, -0.05) is 18.2 Å². The average Bonchev–Trinajstić information content (AvgIpc) is 2.43. The lowest BCUT2D eigenvalue weighted by atomic mass is 10.3. The number of hydrogen-bond acceptors (Lipinski definition) is 1. The molecule has 0 aliphatic carbocycles. The van der Waals surface area contributed by atoms with Crippen molar-refractivity contribution in [3.8, 4) is 5.75 Å². The van der Waals surface area contributed by atoms with Gasteiger partial charge in [-0.2, -0.15) is 0 Å². The van der Waals surface area contributed by atoms with E-state index in [-0.39, 0.29) is 0 Å². The van der Waals surface area contributed by atoms with Crippen LogP contribution < -0.4 is 10.2 Å². The Hall–Kier alpha value is -1.53. The van der Waals surface area contributed by atoms with Gasteiger partial charge in [0.25, 0.3) is 6.61 Å². The summed E-state index contributed by atoms with van der Waals surface area (Å²) >= 11 is 0. The number of hydrogen-bond donors (Lipinski definition) is 0. The molecule has 7 heteroatoms. The number of halogens is 4. The fourth-order valence-corrected chi connectivity index (χ4v) is 1.06. The fourth-order valence-electron chi connectivity index (χ4n) is 1.06. The molecule has 0 bridgehead atoms. The average molecular weight is 266 g/mol. The molecule has 0 heterocycles. The summed E-state index contributed by atoms with van der Waals surface area (Å²) in [7, 11) is -6.00. The highest BCUT2D eigenvalue weighted by Gasteiger charge is 2.20. The van der Waals surface area contributed by atoms with E-state index in [1.54, 1.807) is 0 Å². The predicted octanol–water partition coefficient (Wildman–Crippen LogP) is 3.30. The summed E-state index contributed by atoms with van der Waals surface area (Å²) in [5.41, 5.74) is 0.800. The Bertz CT molecular complexity index is 401. The second-order valence-electron chi connectivity index (χ2n) is 3.00. The van der Waals surface area contributed by atoms with Crippen LogP contribution in [0.4, 0.5) is 17.3 Å². The monoisotopic (exact) mass is 266 g/mol. The first kappa shape index (κ1) is 16.5. The minimum absolute atomic E-state index is 0.657. The van der Waals surface area contributed by atoms with E-state index in [4.69, 9.17) is 9.16 Å². The number of rotatable bonds is 3. The molecule has 1 rings (SSSR count). The van der Waals surface area contributed by atoms with Crippen molar-refractivity contribution in [1.29, 1.82) is 0 Å². The van der Waals surface area contributed by atoms with E-state index in [1.807, 2.05) is 44.2 Å². The maximum Gasteiger partial charge on any atom is 0.673 e. The molecule has 0 N–H and O–H groups in total. The summed E-state index contributed by atoms with van der Waals surface area (Å²) in [5, 5.41) is 0. The fraction of sp³-hybridized carbons (Fsp3) is 0.364. The highest BCUT2D eigenvalue weighted by atomic mass is 19.5. The Kier molecular flexibility index (Phi) is 7.82. The van der Waals surface area contributed by atoms with E-state index in [1.165, 1.54) is 0 Å². The number of ether oxygens (including phenoxy) is 1. The van der Waals surface area contributed by atoms with Gasteiger partial charge in [-0.15, -0.1) is 0 Å². The van der Waals surface area contributed by atoms with Crippen LogP contribution in [0.25, 0.3) is 0 Å².